The molecule has 0 bridgehead atoms. The highest BCUT2D eigenvalue weighted by atomic mass is 19.1. The number of pyridine rings is 1. The van der Waals surface area contributed by atoms with Gasteiger partial charge in [-0.25, -0.2) is 14.4 Å². The van der Waals surface area contributed by atoms with Gasteiger partial charge in [0.1, 0.15) is 11.6 Å². The normalized spacial score (nSPS) is 19.2. The molecular weight excluding hydrogens is 353 g/mol. The highest BCUT2D eigenvalue weighted by Crippen LogP contribution is 2.40. The zero-order valence-electron chi connectivity index (χ0n) is 16.3. The Balaban J connectivity index is 1.33. The van der Waals surface area contributed by atoms with Gasteiger partial charge in [0.25, 0.3) is 0 Å². The number of fused-ring (bicyclic) bond motifs is 2. The van der Waals surface area contributed by atoms with E-state index in [1.165, 1.54) is 12.1 Å². The minimum absolute atomic E-state index is 0.0376. The van der Waals surface area contributed by atoms with Crippen molar-refractivity contribution in [1.29, 1.82) is 0 Å². The Kier molecular flexibility index (Phi) is 3.96. The van der Waals surface area contributed by atoms with E-state index in [-0.39, 0.29) is 11.2 Å². The summed E-state index contributed by atoms with van der Waals surface area (Å²) in [6.45, 7) is 7.37. The Hall–Kier alpha value is -2.76. The second kappa shape index (κ2) is 6.40. The number of hydrogen-bond donors (Lipinski definition) is 0. The standard InChI is InChI=1S/C22H24FN5/c1-22(2)14-28(21-20(22)24-9-10-25-21)17-7-11-27(12-8-17)19-6-3-15-13-16(23)4-5-18(15)26-19/h3-6,9-10,13,17H,7-8,11-12,14H2,1-2H3. The maximum atomic E-state index is 13.4. The highest BCUT2D eigenvalue weighted by Gasteiger charge is 2.41. The first-order valence-electron chi connectivity index (χ1n) is 9.91. The molecule has 6 heteroatoms. The second-order valence-corrected chi connectivity index (χ2v) is 8.47. The van der Waals surface area contributed by atoms with E-state index in [0.29, 0.717) is 6.04 Å². The maximum absolute atomic E-state index is 13.4. The van der Waals surface area contributed by atoms with Crippen LogP contribution in [0.2, 0.25) is 0 Å². The van der Waals surface area contributed by atoms with Crippen molar-refractivity contribution in [1.82, 2.24) is 15.0 Å². The van der Waals surface area contributed by atoms with Crippen LogP contribution >= 0.6 is 0 Å². The second-order valence-electron chi connectivity index (χ2n) is 8.47. The molecule has 5 nitrogen and oxygen atoms in total. The molecule has 2 aromatic heterocycles. The van der Waals surface area contributed by atoms with Gasteiger partial charge in [0.15, 0.2) is 5.82 Å². The van der Waals surface area contributed by atoms with Crippen molar-refractivity contribution in [2.75, 3.05) is 29.4 Å². The summed E-state index contributed by atoms with van der Waals surface area (Å²) >= 11 is 0. The molecule has 2 aliphatic heterocycles. The smallest absolute Gasteiger partial charge is 0.151 e. The molecule has 0 N–H and O–H groups in total. The van der Waals surface area contributed by atoms with Crippen LogP contribution in [0.4, 0.5) is 16.0 Å². The van der Waals surface area contributed by atoms with Crippen LogP contribution in [0.3, 0.4) is 0 Å². The van der Waals surface area contributed by atoms with Crippen molar-refractivity contribution in [3.05, 3.63) is 54.2 Å². The third kappa shape index (κ3) is 2.87. The fourth-order valence-electron chi connectivity index (χ4n) is 4.56. The van der Waals surface area contributed by atoms with Crippen LogP contribution in [0, 0.1) is 5.82 Å². The zero-order valence-corrected chi connectivity index (χ0v) is 16.3. The van der Waals surface area contributed by atoms with E-state index in [1.807, 2.05) is 12.1 Å². The van der Waals surface area contributed by atoms with Gasteiger partial charge in [-0.05, 0) is 43.2 Å². The number of anilines is 2. The lowest BCUT2D eigenvalue weighted by molar-refractivity contribution is 0.438. The fraction of sp³-hybridized carbons (Fsp3) is 0.409. The molecule has 0 amide bonds. The average Bonchev–Trinajstić information content (AvgIpc) is 2.99. The van der Waals surface area contributed by atoms with Crippen molar-refractivity contribution >= 4 is 22.5 Å². The summed E-state index contributed by atoms with van der Waals surface area (Å²) < 4.78 is 13.4. The maximum Gasteiger partial charge on any atom is 0.151 e. The third-order valence-corrected chi connectivity index (χ3v) is 6.02. The largest absolute Gasteiger partial charge is 0.356 e. The van der Waals surface area contributed by atoms with E-state index < -0.39 is 0 Å². The molecule has 0 atom stereocenters. The number of halogens is 1. The van der Waals surface area contributed by atoms with Gasteiger partial charge in [-0.3, -0.25) is 4.98 Å². The van der Waals surface area contributed by atoms with Gasteiger partial charge >= 0.3 is 0 Å². The molecule has 28 heavy (non-hydrogen) atoms. The van der Waals surface area contributed by atoms with Crippen molar-refractivity contribution in [3.8, 4) is 0 Å². The number of rotatable bonds is 2. The van der Waals surface area contributed by atoms with Gasteiger partial charge in [-0.15, -0.1) is 0 Å². The molecule has 0 aliphatic carbocycles. The predicted octanol–water partition coefficient (Wildman–Crippen LogP) is 3.93. The van der Waals surface area contributed by atoms with Gasteiger partial charge < -0.3 is 9.80 Å². The number of hydrogen-bond acceptors (Lipinski definition) is 5. The van der Waals surface area contributed by atoms with Crippen LogP contribution in [-0.4, -0.2) is 40.6 Å². The Morgan fingerprint density at radius 2 is 1.82 bits per heavy atom. The van der Waals surface area contributed by atoms with E-state index in [2.05, 4.69) is 33.6 Å². The van der Waals surface area contributed by atoms with E-state index in [1.54, 1.807) is 18.5 Å². The number of aromatic nitrogens is 3. The summed E-state index contributed by atoms with van der Waals surface area (Å²) in [5, 5.41) is 0.841. The van der Waals surface area contributed by atoms with E-state index in [0.717, 1.165) is 60.7 Å². The third-order valence-electron chi connectivity index (χ3n) is 6.02. The quantitative estimate of drug-likeness (QED) is 0.677. The molecule has 4 heterocycles. The molecule has 1 saturated heterocycles. The molecule has 0 spiro atoms. The summed E-state index contributed by atoms with van der Waals surface area (Å²) in [5.74, 6) is 1.80. The Labute approximate surface area is 164 Å². The van der Waals surface area contributed by atoms with Crippen molar-refractivity contribution in [2.24, 2.45) is 0 Å². The minimum atomic E-state index is -0.222. The van der Waals surface area contributed by atoms with Crippen molar-refractivity contribution < 1.29 is 4.39 Å². The molecule has 144 valence electrons. The van der Waals surface area contributed by atoms with E-state index in [9.17, 15) is 4.39 Å². The SMILES string of the molecule is CC1(C)CN(C2CCN(c3ccc4cc(F)ccc4n3)CC2)c2nccnc21. The predicted molar refractivity (Wildman–Crippen MR) is 109 cm³/mol. The summed E-state index contributed by atoms with van der Waals surface area (Å²) in [6.07, 6.45) is 5.72. The van der Waals surface area contributed by atoms with Crippen LogP contribution in [0.5, 0.6) is 0 Å². The average molecular weight is 377 g/mol. The summed E-state index contributed by atoms with van der Waals surface area (Å²) in [6, 6.07) is 9.19. The molecule has 1 aromatic carbocycles. The molecule has 5 rings (SSSR count). The van der Waals surface area contributed by atoms with Gasteiger partial charge in [-0.2, -0.15) is 0 Å². The Morgan fingerprint density at radius 1 is 1.04 bits per heavy atom. The Bertz CT molecular complexity index is 1030. The van der Waals surface area contributed by atoms with E-state index >= 15 is 0 Å². The molecule has 3 aromatic rings. The lowest BCUT2D eigenvalue weighted by Gasteiger charge is -2.38. The van der Waals surface area contributed by atoms with Crippen LogP contribution < -0.4 is 9.80 Å². The van der Waals surface area contributed by atoms with E-state index in [4.69, 9.17) is 4.98 Å². The van der Waals surface area contributed by atoms with Crippen LogP contribution in [0.1, 0.15) is 32.4 Å². The van der Waals surface area contributed by atoms with Crippen molar-refractivity contribution in [2.45, 2.75) is 38.1 Å². The van der Waals surface area contributed by atoms with Crippen LogP contribution in [0.25, 0.3) is 10.9 Å². The molecule has 1 fully saturated rings. The number of piperidine rings is 1. The first-order chi connectivity index (χ1) is 13.5. The molecule has 0 radical (unpaired) electrons. The van der Waals surface area contributed by atoms with Gasteiger partial charge in [0, 0.05) is 48.9 Å². The summed E-state index contributed by atoms with van der Waals surface area (Å²) in [4.78, 5) is 18.8. The number of benzene rings is 1. The summed E-state index contributed by atoms with van der Waals surface area (Å²) in [7, 11) is 0. The monoisotopic (exact) mass is 377 g/mol. The number of nitrogens with zero attached hydrogens (tertiary/aromatic N) is 5. The van der Waals surface area contributed by atoms with Crippen LogP contribution in [-0.2, 0) is 5.41 Å². The lowest BCUT2D eigenvalue weighted by atomic mass is 9.92. The summed E-state index contributed by atoms with van der Waals surface area (Å²) in [5.41, 5.74) is 1.99. The topological polar surface area (TPSA) is 45.2 Å². The fourth-order valence-corrected chi connectivity index (χ4v) is 4.56. The molecule has 2 aliphatic rings. The molecule has 0 unspecified atom stereocenters. The first kappa shape index (κ1) is 17.3. The molecular formula is C22H24FN5. The highest BCUT2D eigenvalue weighted by molar-refractivity contribution is 5.80. The van der Waals surface area contributed by atoms with Crippen molar-refractivity contribution in [3.63, 3.8) is 0 Å². The van der Waals surface area contributed by atoms with Gasteiger partial charge in [0.05, 0.1) is 11.2 Å². The molecule has 0 saturated carbocycles. The van der Waals surface area contributed by atoms with Crippen LogP contribution in [0.15, 0.2) is 42.7 Å². The van der Waals surface area contributed by atoms with Gasteiger partial charge in [-0.1, -0.05) is 13.8 Å². The minimum Gasteiger partial charge on any atom is -0.356 e. The zero-order chi connectivity index (χ0) is 19.3. The lowest BCUT2D eigenvalue weighted by Crippen LogP contribution is -2.46. The van der Waals surface area contributed by atoms with Gasteiger partial charge in [0.2, 0.25) is 0 Å². The Morgan fingerprint density at radius 3 is 2.64 bits per heavy atom. The first-order valence-corrected chi connectivity index (χ1v) is 9.91.